The Morgan fingerprint density at radius 2 is 2.50 bits per heavy atom. The van der Waals surface area contributed by atoms with Crippen molar-refractivity contribution in [3.8, 4) is 0 Å². The van der Waals surface area contributed by atoms with Crippen LogP contribution in [0.3, 0.4) is 0 Å². The highest BCUT2D eigenvalue weighted by Gasteiger charge is 2.06. The van der Waals surface area contributed by atoms with Crippen molar-refractivity contribution >= 4 is 17.7 Å². The summed E-state index contributed by atoms with van der Waals surface area (Å²) < 4.78 is 9.96. The zero-order valence-electron chi connectivity index (χ0n) is 8.64. The lowest BCUT2D eigenvalue weighted by atomic mass is 10.4. The van der Waals surface area contributed by atoms with Gasteiger partial charge in [-0.2, -0.15) is 4.98 Å². The van der Waals surface area contributed by atoms with Crippen LogP contribution >= 0.6 is 11.8 Å². The van der Waals surface area contributed by atoms with Crippen LogP contribution in [0.2, 0.25) is 0 Å². The molecule has 0 radical (unpaired) electrons. The van der Waals surface area contributed by atoms with Gasteiger partial charge >= 0.3 is 0 Å². The third kappa shape index (κ3) is 2.74. The van der Waals surface area contributed by atoms with Crippen molar-refractivity contribution in [1.82, 2.24) is 20.3 Å². The number of aromatic nitrogens is 4. The summed E-state index contributed by atoms with van der Waals surface area (Å²) in [5.41, 5.74) is 6.22. The van der Waals surface area contributed by atoms with E-state index in [-0.39, 0.29) is 0 Å². The van der Waals surface area contributed by atoms with E-state index >= 15 is 0 Å². The number of aromatic amines is 1. The van der Waals surface area contributed by atoms with Crippen LogP contribution in [0.1, 0.15) is 11.5 Å². The number of methoxy groups -OCH3 is 1. The first-order valence-electron chi connectivity index (χ1n) is 4.52. The third-order valence-electron chi connectivity index (χ3n) is 1.73. The molecular formula is C8H11N5O2S. The van der Waals surface area contributed by atoms with Crippen molar-refractivity contribution in [1.29, 1.82) is 0 Å². The second kappa shape index (κ2) is 4.99. The molecule has 3 N–H and O–H groups in total. The molecule has 0 spiro atoms. The number of nitrogen functional groups attached to an aromatic ring is 1. The normalized spacial score (nSPS) is 10.8. The molecule has 7 nitrogen and oxygen atoms in total. The number of nitrogens with one attached hydrogen (secondary N) is 1. The van der Waals surface area contributed by atoms with E-state index in [1.807, 2.05) is 6.07 Å². The summed E-state index contributed by atoms with van der Waals surface area (Å²) in [4.78, 5) is 3.96. The van der Waals surface area contributed by atoms with Gasteiger partial charge in [0.25, 0.3) is 0 Å². The van der Waals surface area contributed by atoms with Crippen molar-refractivity contribution in [3.63, 3.8) is 0 Å². The standard InChI is InChI=1S/C8H11N5O2S/c1-14-3-6-2-5(13-15-6)4-16-8-10-7(9)11-12-8/h2H,3-4H2,1H3,(H3,9,10,11,12). The van der Waals surface area contributed by atoms with Gasteiger partial charge in [0.05, 0.1) is 5.69 Å². The van der Waals surface area contributed by atoms with Crippen LogP contribution in [0.4, 0.5) is 5.95 Å². The molecule has 0 aliphatic rings. The van der Waals surface area contributed by atoms with Crippen molar-refractivity contribution < 1.29 is 9.26 Å². The zero-order valence-corrected chi connectivity index (χ0v) is 9.45. The van der Waals surface area contributed by atoms with Gasteiger partial charge in [0.2, 0.25) is 11.1 Å². The topological polar surface area (TPSA) is 103 Å². The highest BCUT2D eigenvalue weighted by atomic mass is 32.2. The molecule has 0 atom stereocenters. The van der Waals surface area contributed by atoms with Gasteiger partial charge in [0.15, 0.2) is 5.76 Å². The Balaban J connectivity index is 1.89. The highest BCUT2D eigenvalue weighted by Crippen LogP contribution is 2.19. The predicted octanol–water partition coefficient (Wildman–Crippen LogP) is 0.814. The average Bonchev–Trinajstić information content (AvgIpc) is 2.85. The fourth-order valence-electron chi connectivity index (χ4n) is 1.10. The molecule has 0 unspecified atom stereocenters. The lowest BCUT2D eigenvalue weighted by Crippen LogP contribution is -1.85. The van der Waals surface area contributed by atoms with E-state index < -0.39 is 0 Å². The van der Waals surface area contributed by atoms with Crippen LogP contribution in [-0.4, -0.2) is 27.4 Å². The quantitative estimate of drug-likeness (QED) is 0.746. The number of hydrogen-bond acceptors (Lipinski definition) is 7. The Kier molecular flexibility index (Phi) is 3.42. The summed E-state index contributed by atoms with van der Waals surface area (Å²) in [6.45, 7) is 0.422. The van der Waals surface area contributed by atoms with Crippen LogP contribution in [0, 0.1) is 0 Å². The van der Waals surface area contributed by atoms with Crippen LogP contribution in [-0.2, 0) is 17.1 Å². The Morgan fingerprint density at radius 1 is 1.62 bits per heavy atom. The molecule has 2 heterocycles. The molecule has 0 aliphatic heterocycles. The molecule has 0 fully saturated rings. The lowest BCUT2D eigenvalue weighted by molar-refractivity contribution is 0.156. The number of hydrogen-bond donors (Lipinski definition) is 2. The first-order valence-corrected chi connectivity index (χ1v) is 5.50. The molecule has 16 heavy (non-hydrogen) atoms. The number of nitrogens with two attached hydrogens (primary N) is 1. The van der Waals surface area contributed by atoms with Crippen LogP contribution < -0.4 is 5.73 Å². The maximum atomic E-state index is 5.40. The van der Waals surface area contributed by atoms with Gasteiger partial charge in [-0.05, 0) is 0 Å². The van der Waals surface area contributed by atoms with E-state index in [4.69, 9.17) is 15.0 Å². The number of anilines is 1. The molecule has 0 aromatic carbocycles. The minimum Gasteiger partial charge on any atom is -0.377 e. The van der Waals surface area contributed by atoms with Gasteiger partial charge in [0.1, 0.15) is 6.61 Å². The summed E-state index contributed by atoms with van der Waals surface area (Å²) in [5.74, 6) is 1.64. The minimum atomic E-state index is 0.308. The fraction of sp³-hybridized carbons (Fsp3) is 0.375. The van der Waals surface area contributed by atoms with Crippen molar-refractivity contribution in [3.05, 3.63) is 17.5 Å². The Bertz CT molecular complexity index is 455. The maximum absolute atomic E-state index is 5.40. The predicted molar refractivity (Wildman–Crippen MR) is 57.6 cm³/mol. The molecule has 0 aliphatic carbocycles. The number of thioether (sulfide) groups is 1. The zero-order chi connectivity index (χ0) is 11.4. The highest BCUT2D eigenvalue weighted by molar-refractivity contribution is 7.98. The second-order valence-electron chi connectivity index (χ2n) is 3.01. The van der Waals surface area contributed by atoms with E-state index in [0.29, 0.717) is 29.2 Å². The summed E-state index contributed by atoms with van der Waals surface area (Å²) in [7, 11) is 1.60. The Hall–Kier alpha value is -1.54. The second-order valence-corrected chi connectivity index (χ2v) is 3.95. The Labute approximate surface area is 95.7 Å². The largest absolute Gasteiger partial charge is 0.377 e. The van der Waals surface area contributed by atoms with Crippen LogP contribution in [0.25, 0.3) is 0 Å². The molecule has 0 amide bonds. The van der Waals surface area contributed by atoms with Gasteiger partial charge in [-0.15, -0.1) is 5.10 Å². The van der Waals surface area contributed by atoms with Crippen LogP contribution in [0.15, 0.2) is 15.7 Å². The van der Waals surface area contributed by atoms with Crippen molar-refractivity contribution in [2.45, 2.75) is 17.5 Å². The molecule has 2 rings (SSSR count). The lowest BCUT2D eigenvalue weighted by Gasteiger charge is -1.89. The first kappa shape index (κ1) is 11.0. The molecule has 0 saturated carbocycles. The average molecular weight is 241 g/mol. The van der Waals surface area contributed by atoms with Gasteiger partial charge in [-0.25, -0.2) is 5.10 Å². The van der Waals surface area contributed by atoms with E-state index in [0.717, 1.165) is 5.69 Å². The fourth-order valence-corrected chi connectivity index (χ4v) is 1.78. The molecule has 0 saturated heterocycles. The van der Waals surface area contributed by atoms with E-state index in [1.54, 1.807) is 7.11 Å². The summed E-state index contributed by atoms with van der Waals surface area (Å²) in [6.07, 6.45) is 0. The van der Waals surface area contributed by atoms with Gasteiger partial charge in [0, 0.05) is 18.9 Å². The monoisotopic (exact) mass is 241 g/mol. The van der Waals surface area contributed by atoms with Gasteiger partial charge in [-0.1, -0.05) is 16.9 Å². The van der Waals surface area contributed by atoms with E-state index in [9.17, 15) is 0 Å². The minimum absolute atomic E-state index is 0.308. The van der Waals surface area contributed by atoms with Crippen LogP contribution in [0.5, 0.6) is 0 Å². The van der Waals surface area contributed by atoms with Gasteiger partial charge in [-0.3, -0.25) is 0 Å². The summed E-state index contributed by atoms with van der Waals surface area (Å²) in [5, 5.41) is 10.9. The number of H-pyrrole nitrogens is 1. The molecule has 0 bridgehead atoms. The summed E-state index contributed by atoms with van der Waals surface area (Å²) in [6, 6.07) is 1.84. The van der Waals surface area contributed by atoms with E-state index in [2.05, 4.69) is 20.3 Å². The number of ether oxygens (including phenoxy) is 1. The smallest absolute Gasteiger partial charge is 0.216 e. The molecular weight excluding hydrogens is 230 g/mol. The Morgan fingerprint density at radius 3 is 3.19 bits per heavy atom. The molecule has 8 heteroatoms. The van der Waals surface area contributed by atoms with E-state index in [1.165, 1.54) is 11.8 Å². The number of rotatable bonds is 5. The SMILES string of the molecule is COCc1cc(CSc2n[nH]c(N)n2)no1. The molecule has 2 aromatic heterocycles. The maximum Gasteiger partial charge on any atom is 0.216 e. The summed E-state index contributed by atoms with van der Waals surface area (Å²) >= 11 is 1.43. The number of nitrogens with zero attached hydrogens (tertiary/aromatic N) is 3. The van der Waals surface area contributed by atoms with Crippen molar-refractivity contribution in [2.24, 2.45) is 0 Å². The molecule has 2 aromatic rings. The first-order chi connectivity index (χ1) is 7.78. The molecule has 86 valence electrons. The van der Waals surface area contributed by atoms with Crippen molar-refractivity contribution in [2.75, 3.05) is 12.8 Å². The van der Waals surface area contributed by atoms with Gasteiger partial charge < -0.3 is 15.0 Å². The third-order valence-corrected chi connectivity index (χ3v) is 2.61.